The number of carbonyl (C=O) groups excluding carboxylic acids is 2. The summed E-state index contributed by atoms with van der Waals surface area (Å²) in [5, 5.41) is 2.98. The molecule has 6 nitrogen and oxygen atoms in total. The molecule has 0 unspecified atom stereocenters. The van der Waals surface area contributed by atoms with E-state index in [1.165, 1.54) is 0 Å². The molecule has 4 rings (SSSR count). The highest BCUT2D eigenvalue weighted by atomic mass is 16.5. The third-order valence-corrected chi connectivity index (χ3v) is 5.75. The molecule has 1 heterocycles. The van der Waals surface area contributed by atoms with Gasteiger partial charge < -0.3 is 19.7 Å². The molecule has 0 aliphatic carbocycles. The first-order chi connectivity index (χ1) is 15.6. The van der Waals surface area contributed by atoms with E-state index in [1.807, 2.05) is 72.8 Å². The number of fused-ring (bicyclic) bond motifs is 1. The van der Waals surface area contributed by atoms with E-state index in [1.54, 1.807) is 19.1 Å². The first-order valence-electron chi connectivity index (χ1n) is 10.5. The fourth-order valence-corrected chi connectivity index (χ4v) is 3.95. The van der Waals surface area contributed by atoms with Gasteiger partial charge in [0.2, 0.25) is 5.91 Å². The van der Waals surface area contributed by atoms with Gasteiger partial charge >= 0.3 is 0 Å². The molecule has 0 saturated carbocycles. The van der Waals surface area contributed by atoms with Gasteiger partial charge in [-0.1, -0.05) is 42.5 Å². The number of methoxy groups -OCH3 is 2. The molecule has 6 heteroatoms. The van der Waals surface area contributed by atoms with E-state index in [4.69, 9.17) is 9.47 Å². The number of ether oxygens (including phenoxy) is 2. The van der Waals surface area contributed by atoms with Gasteiger partial charge in [-0.3, -0.25) is 9.59 Å². The van der Waals surface area contributed by atoms with Gasteiger partial charge in [0.15, 0.2) is 0 Å². The summed E-state index contributed by atoms with van der Waals surface area (Å²) in [6, 6.07) is 22.3. The van der Waals surface area contributed by atoms with Crippen molar-refractivity contribution in [1.29, 1.82) is 0 Å². The van der Waals surface area contributed by atoms with Gasteiger partial charge in [0.25, 0.3) is 5.91 Å². The van der Waals surface area contributed by atoms with Crippen molar-refractivity contribution in [2.45, 2.75) is 25.6 Å². The van der Waals surface area contributed by atoms with Crippen LogP contribution in [-0.2, 0) is 17.9 Å². The number of carbonyl (C=O) groups is 2. The lowest BCUT2D eigenvalue weighted by Gasteiger charge is -2.28. The average Bonchev–Trinajstić information content (AvgIpc) is 3.18. The smallest absolute Gasteiger partial charge is 0.255 e. The van der Waals surface area contributed by atoms with Crippen LogP contribution in [-0.4, -0.2) is 30.9 Å². The number of rotatable bonds is 8. The fourth-order valence-electron chi connectivity index (χ4n) is 3.95. The second kappa shape index (κ2) is 9.56. The molecule has 3 aromatic carbocycles. The average molecular weight is 431 g/mol. The summed E-state index contributed by atoms with van der Waals surface area (Å²) in [7, 11) is 3.23. The van der Waals surface area contributed by atoms with Crippen molar-refractivity contribution in [2.75, 3.05) is 14.2 Å². The van der Waals surface area contributed by atoms with Crippen LogP contribution >= 0.6 is 0 Å². The molecular formula is C26H26N2O4. The fraction of sp³-hybridized carbons (Fsp3) is 0.231. The second-order valence-electron chi connectivity index (χ2n) is 7.71. The molecule has 0 saturated heterocycles. The van der Waals surface area contributed by atoms with Gasteiger partial charge in [0, 0.05) is 18.7 Å². The molecule has 2 amide bonds. The highest BCUT2D eigenvalue weighted by Crippen LogP contribution is 2.34. The molecule has 1 aliphatic rings. The molecule has 0 fully saturated rings. The molecule has 1 atom stereocenters. The quantitative estimate of drug-likeness (QED) is 0.584. The van der Waals surface area contributed by atoms with Crippen molar-refractivity contribution < 1.29 is 19.1 Å². The van der Waals surface area contributed by atoms with Crippen molar-refractivity contribution in [3.63, 3.8) is 0 Å². The number of hydrogen-bond acceptors (Lipinski definition) is 4. The maximum atomic E-state index is 13.1. The van der Waals surface area contributed by atoms with E-state index in [9.17, 15) is 9.59 Å². The molecule has 0 aromatic heterocycles. The summed E-state index contributed by atoms with van der Waals surface area (Å²) in [6.07, 6.45) is 0.169. The summed E-state index contributed by atoms with van der Waals surface area (Å²) in [5.41, 5.74) is 3.55. The predicted octanol–water partition coefficient (Wildman–Crippen LogP) is 4.11. The highest BCUT2D eigenvalue weighted by Gasteiger charge is 2.34. The van der Waals surface area contributed by atoms with Crippen LogP contribution in [0, 0.1) is 0 Å². The third kappa shape index (κ3) is 4.59. The van der Waals surface area contributed by atoms with Gasteiger partial charge in [0.05, 0.1) is 26.7 Å². The van der Waals surface area contributed by atoms with Crippen LogP contribution in [0.4, 0.5) is 0 Å². The number of nitrogens with zero attached hydrogens (tertiary/aromatic N) is 1. The van der Waals surface area contributed by atoms with Crippen LogP contribution in [0.2, 0.25) is 0 Å². The molecular weight excluding hydrogens is 404 g/mol. The maximum Gasteiger partial charge on any atom is 0.255 e. The van der Waals surface area contributed by atoms with E-state index < -0.39 is 0 Å². The summed E-state index contributed by atoms with van der Waals surface area (Å²) in [6.45, 7) is 0.893. The minimum absolute atomic E-state index is 0.0515. The predicted molar refractivity (Wildman–Crippen MR) is 122 cm³/mol. The van der Waals surface area contributed by atoms with E-state index >= 15 is 0 Å². The minimum Gasteiger partial charge on any atom is -0.497 e. The molecule has 0 bridgehead atoms. The molecule has 164 valence electrons. The van der Waals surface area contributed by atoms with Gasteiger partial charge in [-0.15, -0.1) is 0 Å². The topological polar surface area (TPSA) is 67.9 Å². The normalized spacial score (nSPS) is 13.4. The molecule has 1 N–H and O–H groups in total. The van der Waals surface area contributed by atoms with Crippen LogP contribution in [0.5, 0.6) is 11.5 Å². The number of benzene rings is 3. The van der Waals surface area contributed by atoms with Crippen LogP contribution < -0.4 is 14.8 Å². The maximum absolute atomic E-state index is 13.1. The SMILES string of the molecule is COc1ccc(CNC(=O)C[C@H](c2ccc(OC)cc2)N2Cc3ccccc3C2=O)cc1. The van der Waals surface area contributed by atoms with Gasteiger partial charge in [-0.2, -0.15) is 0 Å². The van der Waals surface area contributed by atoms with Gasteiger partial charge in [-0.25, -0.2) is 0 Å². The Kier molecular flexibility index (Phi) is 6.40. The zero-order chi connectivity index (χ0) is 22.5. The Balaban J connectivity index is 1.51. The molecule has 0 radical (unpaired) electrons. The van der Waals surface area contributed by atoms with Crippen molar-refractivity contribution in [3.8, 4) is 11.5 Å². The number of amides is 2. The zero-order valence-electron chi connectivity index (χ0n) is 18.2. The van der Waals surface area contributed by atoms with Crippen LogP contribution in [0.3, 0.4) is 0 Å². The monoisotopic (exact) mass is 430 g/mol. The molecule has 32 heavy (non-hydrogen) atoms. The summed E-state index contributed by atoms with van der Waals surface area (Å²) < 4.78 is 10.4. The Morgan fingerprint density at radius 1 is 0.938 bits per heavy atom. The summed E-state index contributed by atoms with van der Waals surface area (Å²) in [4.78, 5) is 27.8. The summed E-state index contributed by atoms with van der Waals surface area (Å²) >= 11 is 0. The number of hydrogen-bond donors (Lipinski definition) is 1. The Labute approximate surface area is 187 Å². The lowest BCUT2D eigenvalue weighted by atomic mass is 10.0. The van der Waals surface area contributed by atoms with E-state index in [0.717, 1.165) is 28.2 Å². The second-order valence-corrected chi connectivity index (χ2v) is 7.71. The Bertz CT molecular complexity index is 1090. The van der Waals surface area contributed by atoms with Gasteiger partial charge in [0.1, 0.15) is 11.5 Å². The summed E-state index contributed by atoms with van der Waals surface area (Å²) in [5.74, 6) is 1.33. The first-order valence-corrected chi connectivity index (χ1v) is 10.5. The standard InChI is InChI=1S/C26H26N2O4/c1-31-21-11-7-18(8-12-21)16-27-25(29)15-24(19-9-13-22(32-2)14-10-19)28-17-20-5-3-4-6-23(20)26(28)30/h3-14,24H,15-17H2,1-2H3,(H,27,29)/t24-/m1/s1. The lowest BCUT2D eigenvalue weighted by molar-refractivity contribution is -0.122. The van der Waals surface area contributed by atoms with Gasteiger partial charge in [-0.05, 0) is 47.0 Å². The van der Waals surface area contributed by atoms with Crippen LogP contribution in [0.15, 0.2) is 72.8 Å². The van der Waals surface area contributed by atoms with Crippen molar-refractivity contribution >= 4 is 11.8 Å². The zero-order valence-corrected chi connectivity index (χ0v) is 18.2. The largest absolute Gasteiger partial charge is 0.497 e. The van der Waals surface area contributed by atoms with Crippen LogP contribution in [0.1, 0.15) is 39.5 Å². The highest BCUT2D eigenvalue weighted by molar-refractivity contribution is 5.98. The third-order valence-electron chi connectivity index (χ3n) is 5.75. The molecule has 1 aliphatic heterocycles. The van der Waals surface area contributed by atoms with Crippen molar-refractivity contribution in [2.24, 2.45) is 0 Å². The molecule has 3 aromatic rings. The number of nitrogens with one attached hydrogen (secondary N) is 1. The minimum atomic E-state index is -0.378. The van der Waals surface area contributed by atoms with E-state index in [-0.39, 0.29) is 24.3 Å². The van der Waals surface area contributed by atoms with Crippen molar-refractivity contribution in [3.05, 3.63) is 95.1 Å². The Morgan fingerprint density at radius 2 is 1.56 bits per heavy atom. The van der Waals surface area contributed by atoms with Crippen molar-refractivity contribution in [1.82, 2.24) is 10.2 Å². The lowest BCUT2D eigenvalue weighted by Crippen LogP contribution is -2.34. The van der Waals surface area contributed by atoms with Crippen LogP contribution in [0.25, 0.3) is 0 Å². The first kappa shape index (κ1) is 21.4. The Hall–Kier alpha value is -3.80. The Morgan fingerprint density at radius 3 is 2.19 bits per heavy atom. The molecule has 0 spiro atoms. The van der Waals surface area contributed by atoms with E-state index in [0.29, 0.717) is 18.7 Å². The van der Waals surface area contributed by atoms with E-state index in [2.05, 4.69) is 5.32 Å².